The van der Waals surface area contributed by atoms with Gasteiger partial charge in [0.2, 0.25) is 0 Å². The highest BCUT2D eigenvalue weighted by Gasteiger charge is 2.64. The fourth-order valence-electron chi connectivity index (χ4n) is 25.2. The van der Waals surface area contributed by atoms with Gasteiger partial charge in [-0.25, -0.2) is 0 Å². The standard InChI is InChI=1S/C72H124N8/c1-5-19-49(20-6-1)67-73-68(50-21-7-2-8-22-50)76-71(75-67)53-39-35-47(36-40-53)55-27-17-29-57(45-55)79-61-33-15-13-31-59(61)65-63(79)43-44-64-66(65)60-32-14-16-34-62(60)80(64)58-30-18-28-56(46-58)48-37-41-54(42-38-48)72-77-69(51-23-9-3-10-24-51)74-70(78-72)52-25-11-4-12-26-52/h47-78H,1-46H2. The van der Waals surface area contributed by atoms with Gasteiger partial charge in [0.15, 0.2) is 0 Å². The highest BCUT2D eigenvalue weighted by Crippen LogP contribution is 2.62. The summed E-state index contributed by atoms with van der Waals surface area (Å²) in [6, 6.07) is 5.42. The summed E-state index contributed by atoms with van der Waals surface area (Å²) in [5.74, 6) is 12.9. The van der Waals surface area contributed by atoms with E-state index in [0.717, 1.165) is 119 Å². The number of likely N-dealkylation sites (tertiary alicyclic amines) is 2. The van der Waals surface area contributed by atoms with Crippen LogP contribution in [0, 0.1) is 82.9 Å². The molecule has 8 heteroatoms. The minimum atomic E-state index is 0.521. The Morgan fingerprint density at radius 1 is 0.188 bits per heavy atom. The van der Waals surface area contributed by atoms with Gasteiger partial charge in [-0.1, -0.05) is 128 Å². The van der Waals surface area contributed by atoms with Crippen molar-refractivity contribution in [2.24, 2.45) is 82.9 Å². The zero-order valence-electron chi connectivity index (χ0n) is 51.4. The van der Waals surface area contributed by atoms with Crippen molar-refractivity contribution < 1.29 is 0 Å². The van der Waals surface area contributed by atoms with Crippen molar-refractivity contribution in [2.45, 2.75) is 369 Å². The van der Waals surface area contributed by atoms with Crippen molar-refractivity contribution in [1.29, 1.82) is 0 Å². The Hall–Kier alpha value is -0.320. The van der Waals surface area contributed by atoms with Gasteiger partial charge in [-0.3, -0.25) is 41.7 Å². The van der Waals surface area contributed by atoms with E-state index < -0.39 is 0 Å². The van der Waals surface area contributed by atoms with Crippen LogP contribution in [-0.4, -0.2) is 83.0 Å². The molecule has 4 heterocycles. The second-order valence-corrected chi connectivity index (χ2v) is 32.8. The quantitative estimate of drug-likeness (QED) is 0.129. The van der Waals surface area contributed by atoms with Crippen molar-refractivity contribution in [2.75, 3.05) is 0 Å². The Kier molecular flexibility index (Phi) is 18.1. The first kappa shape index (κ1) is 56.2. The first-order valence-electron chi connectivity index (χ1n) is 37.8. The number of rotatable bonds is 10. The summed E-state index contributed by atoms with van der Waals surface area (Å²) >= 11 is 0. The van der Waals surface area contributed by atoms with E-state index in [1.807, 2.05) is 0 Å². The summed E-state index contributed by atoms with van der Waals surface area (Å²) < 4.78 is 0. The lowest BCUT2D eigenvalue weighted by molar-refractivity contribution is -0.000432. The number of hydrogen-bond acceptors (Lipinski definition) is 8. The predicted molar refractivity (Wildman–Crippen MR) is 329 cm³/mol. The van der Waals surface area contributed by atoms with Crippen LogP contribution in [0.2, 0.25) is 0 Å². The lowest BCUT2D eigenvalue weighted by Crippen LogP contribution is -2.72. The lowest BCUT2D eigenvalue weighted by atomic mass is 9.61. The minimum absolute atomic E-state index is 0.521. The molecule has 11 saturated carbocycles. The molecule has 452 valence electrons. The van der Waals surface area contributed by atoms with Crippen LogP contribution < -0.4 is 31.9 Å². The van der Waals surface area contributed by atoms with Gasteiger partial charge in [-0.2, -0.15) is 0 Å². The Morgan fingerprint density at radius 2 is 0.450 bits per heavy atom. The van der Waals surface area contributed by atoms with Crippen molar-refractivity contribution in [3.63, 3.8) is 0 Å². The van der Waals surface area contributed by atoms with E-state index in [1.165, 1.54) is 244 Å². The SMILES string of the molecule is C1CCC(C2NC(C3CCCCC3)NC(C3CCC(C4CCCC(N5C6CCCCC6C6C7C8CCCCC8N(C8CCCC(C9CCC(C%10NC(C%11CCCCC%11)NC(C%11CCCCC%11)N%10)CC9)C8)C7CCC65)C4)CC3)N2)CC1. The average molecular weight is 1100 g/mol. The Balaban J connectivity index is 0.589. The summed E-state index contributed by atoms with van der Waals surface area (Å²) in [5, 5.41) is 25.7. The highest BCUT2D eigenvalue weighted by atomic mass is 15.4. The van der Waals surface area contributed by atoms with E-state index in [-0.39, 0.29) is 0 Å². The van der Waals surface area contributed by atoms with Crippen LogP contribution in [0.1, 0.15) is 295 Å². The van der Waals surface area contributed by atoms with Crippen LogP contribution in [0.3, 0.4) is 0 Å². The summed E-state index contributed by atoms with van der Waals surface area (Å²) in [7, 11) is 0. The normalized spacial score (nSPS) is 49.4. The third-order valence-electron chi connectivity index (χ3n) is 28.9. The topological polar surface area (TPSA) is 78.7 Å². The molecule has 0 aromatic heterocycles. The van der Waals surface area contributed by atoms with Crippen LogP contribution in [0.25, 0.3) is 0 Å². The zero-order valence-corrected chi connectivity index (χ0v) is 51.4. The number of nitrogens with one attached hydrogen (secondary N) is 6. The minimum Gasteiger partial charge on any atom is -0.294 e. The Labute approximate surface area is 490 Å². The van der Waals surface area contributed by atoms with Crippen LogP contribution in [0.5, 0.6) is 0 Å². The predicted octanol–water partition coefficient (Wildman–Crippen LogP) is 15.1. The molecule has 8 nitrogen and oxygen atoms in total. The van der Waals surface area contributed by atoms with Crippen molar-refractivity contribution in [1.82, 2.24) is 41.7 Å². The van der Waals surface area contributed by atoms with Crippen molar-refractivity contribution in [3.8, 4) is 0 Å². The second kappa shape index (κ2) is 25.8. The molecule has 0 aromatic carbocycles. The zero-order chi connectivity index (χ0) is 52.9. The van der Waals surface area contributed by atoms with E-state index in [4.69, 9.17) is 0 Å². The van der Waals surface area contributed by atoms with Gasteiger partial charge in [-0.05, 0) is 250 Å². The monoisotopic (exact) mass is 1100 g/mol. The fraction of sp³-hybridized carbons (Fsp3) is 1.00. The summed E-state index contributed by atoms with van der Waals surface area (Å²) in [6.45, 7) is 0. The van der Waals surface area contributed by atoms with Crippen LogP contribution in [0.4, 0.5) is 0 Å². The van der Waals surface area contributed by atoms with Gasteiger partial charge in [0.25, 0.3) is 0 Å². The molecule has 0 amide bonds. The van der Waals surface area contributed by atoms with E-state index in [1.54, 1.807) is 51.4 Å². The molecule has 0 bridgehead atoms. The van der Waals surface area contributed by atoms with Crippen LogP contribution in [0.15, 0.2) is 0 Å². The number of fused-ring (bicyclic) bond motifs is 7. The molecule has 0 spiro atoms. The smallest absolute Gasteiger partial charge is 0.0624 e. The lowest BCUT2D eigenvalue weighted by Gasteiger charge is -2.50. The maximum Gasteiger partial charge on any atom is 0.0624 e. The number of nitrogens with zero attached hydrogens (tertiary/aromatic N) is 2. The largest absolute Gasteiger partial charge is 0.294 e. The molecule has 80 heavy (non-hydrogen) atoms. The fourth-order valence-corrected chi connectivity index (χ4v) is 25.2. The van der Waals surface area contributed by atoms with E-state index in [2.05, 4.69) is 41.7 Å². The van der Waals surface area contributed by atoms with Gasteiger partial charge >= 0.3 is 0 Å². The van der Waals surface area contributed by atoms with Gasteiger partial charge in [0.05, 0.1) is 37.0 Å². The molecular weight excluding hydrogens is 977 g/mol. The Bertz CT molecular complexity index is 1740. The molecule has 15 aliphatic rings. The van der Waals surface area contributed by atoms with Gasteiger partial charge in [0, 0.05) is 36.3 Å². The number of hydrogen-bond donors (Lipinski definition) is 6. The summed E-state index contributed by atoms with van der Waals surface area (Å²) in [5.41, 5.74) is 0. The molecular formula is C72H124N8. The van der Waals surface area contributed by atoms with Crippen molar-refractivity contribution >= 4 is 0 Å². The molecule has 15 fully saturated rings. The highest BCUT2D eigenvalue weighted by molar-refractivity contribution is 5.17. The van der Waals surface area contributed by atoms with Crippen LogP contribution in [-0.2, 0) is 0 Å². The van der Waals surface area contributed by atoms with E-state index in [9.17, 15) is 0 Å². The molecule has 15 rings (SSSR count). The molecule has 0 radical (unpaired) electrons. The first-order valence-corrected chi connectivity index (χ1v) is 37.8. The molecule has 4 aliphatic heterocycles. The third kappa shape index (κ3) is 11.6. The molecule has 6 N–H and O–H groups in total. The van der Waals surface area contributed by atoms with E-state index >= 15 is 0 Å². The average Bonchev–Trinajstić information content (AvgIpc) is 4.18. The first-order chi connectivity index (χ1) is 39.6. The van der Waals surface area contributed by atoms with Crippen molar-refractivity contribution in [3.05, 3.63) is 0 Å². The molecule has 16 unspecified atom stereocenters. The third-order valence-corrected chi connectivity index (χ3v) is 28.9. The van der Waals surface area contributed by atoms with Gasteiger partial charge in [-0.15, -0.1) is 0 Å². The molecule has 4 saturated heterocycles. The second-order valence-electron chi connectivity index (χ2n) is 32.8. The van der Waals surface area contributed by atoms with Crippen LogP contribution >= 0.6 is 0 Å². The van der Waals surface area contributed by atoms with Gasteiger partial charge < -0.3 is 0 Å². The summed E-state index contributed by atoms with van der Waals surface area (Å²) in [6.07, 6.45) is 71.7. The maximum atomic E-state index is 4.31. The van der Waals surface area contributed by atoms with Gasteiger partial charge in [0.1, 0.15) is 0 Å². The molecule has 0 aromatic rings. The molecule has 11 aliphatic carbocycles. The maximum absolute atomic E-state index is 4.31. The Morgan fingerprint density at radius 3 is 0.775 bits per heavy atom. The summed E-state index contributed by atoms with van der Waals surface area (Å²) in [4.78, 5) is 6.91. The molecule has 16 atom stereocenters. The van der Waals surface area contributed by atoms with E-state index in [0.29, 0.717) is 37.0 Å².